The third-order valence-corrected chi connectivity index (χ3v) is 7.25. The van der Waals surface area contributed by atoms with E-state index in [1.165, 1.54) is 0 Å². The first-order chi connectivity index (χ1) is 19.8. The highest BCUT2D eigenvalue weighted by atomic mass is 16.5. The molecule has 0 radical (unpaired) electrons. The largest absolute Gasteiger partial charge is 0.481 e. The summed E-state index contributed by atoms with van der Waals surface area (Å²) >= 11 is 0. The summed E-state index contributed by atoms with van der Waals surface area (Å²) in [5.74, 6) is -3.33. The van der Waals surface area contributed by atoms with Gasteiger partial charge in [-0.05, 0) is 36.7 Å². The van der Waals surface area contributed by atoms with Crippen molar-refractivity contribution in [3.05, 3.63) is 48.0 Å². The maximum Gasteiger partial charge on any atom is 0.408 e. The van der Waals surface area contributed by atoms with Crippen LogP contribution in [-0.2, 0) is 40.0 Å². The van der Waals surface area contributed by atoms with E-state index in [1.807, 2.05) is 42.5 Å². The Morgan fingerprint density at radius 1 is 0.927 bits per heavy atom. The van der Waals surface area contributed by atoms with Gasteiger partial charge in [-0.25, -0.2) is 4.79 Å². The quantitative estimate of drug-likeness (QED) is 0.141. The van der Waals surface area contributed by atoms with E-state index in [9.17, 15) is 29.1 Å². The number of nitrogens with one attached hydrogen (secondary N) is 2. The number of Topliss-reactive ketones (excluding diaryl/α,β-unsaturated/α-hetero) is 1. The number of primary amides is 1. The smallest absolute Gasteiger partial charge is 0.408 e. The van der Waals surface area contributed by atoms with Gasteiger partial charge in [-0.3, -0.25) is 19.2 Å². The minimum Gasteiger partial charge on any atom is -0.481 e. The molecule has 0 aromatic heterocycles. The molecule has 0 spiro atoms. The normalized spacial score (nSPS) is 21.3. The van der Waals surface area contributed by atoms with Crippen molar-refractivity contribution < 1.29 is 43.3 Å². The summed E-state index contributed by atoms with van der Waals surface area (Å²) in [6, 6.07) is 8.20. The monoisotopic (exact) mass is 573 g/mol. The van der Waals surface area contributed by atoms with Gasteiger partial charge in [0.05, 0.1) is 37.7 Å². The Hall–Kier alpha value is -3.77. The van der Waals surface area contributed by atoms with E-state index < -0.39 is 35.8 Å². The molecule has 3 amide bonds. The highest BCUT2D eigenvalue weighted by molar-refractivity contribution is 5.88. The molecule has 3 rings (SSSR count). The highest BCUT2D eigenvalue weighted by Gasteiger charge is 2.51. The van der Waals surface area contributed by atoms with Gasteiger partial charge in [0, 0.05) is 26.0 Å². The van der Waals surface area contributed by atoms with Crippen LogP contribution in [-0.4, -0.2) is 73.8 Å². The van der Waals surface area contributed by atoms with Crippen LogP contribution in [0.4, 0.5) is 4.79 Å². The van der Waals surface area contributed by atoms with Gasteiger partial charge in [-0.15, -0.1) is 0 Å². The van der Waals surface area contributed by atoms with Crippen molar-refractivity contribution in [3.8, 4) is 0 Å². The van der Waals surface area contributed by atoms with Gasteiger partial charge >= 0.3 is 12.1 Å². The Morgan fingerprint density at radius 3 is 2.29 bits per heavy atom. The molecular weight excluding hydrogens is 534 g/mol. The fraction of sp³-hybridized carbons (Fsp3) is 0.552. The van der Waals surface area contributed by atoms with Gasteiger partial charge < -0.3 is 35.7 Å². The Kier molecular flexibility index (Phi) is 12.8. The number of carboxylic acids is 1. The average molecular weight is 574 g/mol. The van der Waals surface area contributed by atoms with Crippen molar-refractivity contribution in [1.29, 1.82) is 0 Å². The molecule has 2 aliphatic rings. The van der Waals surface area contributed by atoms with E-state index in [0.29, 0.717) is 19.4 Å². The highest BCUT2D eigenvalue weighted by Crippen LogP contribution is 2.48. The van der Waals surface area contributed by atoms with Crippen LogP contribution < -0.4 is 16.4 Å². The van der Waals surface area contributed by atoms with E-state index in [2.05, 4.69) is 10.6 Å². The van der Waals surface area contributed by atoms with Gasteiger partial charge in [-0.1, -0.05) is 42.5 Å². The van der Waals surface area contributed by atoms with Crippen LogP contribution in [0.2, 0.25) is 0 Å². The molecule has 5 unspecified atom stereocenters. The van der Waals surface area contributed by atoms with E-state index in [4.69, 9.17) is 19.9 Å². The van der Waals surface area contributed by atoms with Crippen molar-refractivity contribution in [2.24, 2.45) is 29.4 Å². The molecule has 41 heavy (non-hydrogen) atoms. The molecule has 2 aliphatic carbocycles. The second kappa shape index (κ2) is 16.5. The summed E-state index contributed by atoms with van der Waals surface area (Å²) in [6.45, 7) is 1.45. The number of carboxylic acid groups (broad SMARTS) is 1. The van der Waals surface area contributed by atoms with Crippen molar-refractivity contribution in [3.63, 3.8) is 0 Å². The summed E-state index contributed by atoms with van der Waals surface area (Å²) < 4.78 is 16.1. The summed E-state index contributed by atoms with van der Waals surface area (Å²) in [7, 11) is 0. The topological polar surface area (TPSA) is 183 Å². The number of carbonyl (C=O) groups excluding carboxylic acids is 4. The maximum absolute atomic E-state index is 12.6. The fourth-order valence-corrected chi connectivity index (χ4v) is 5.23. The fourth-order valence-electron chi connectivity index (χ4n) is 5.23. The number of hydrogen-bond donors (Lipinski definition) is 4. The number of aliphatic carboxylic acids is 1. The SMILES string of the molecule is NC(=O)CCC(NC(=O)OCc1ccccc1)C(=O)CCCOCCOCCNC(=O)C1C2C=CC(C2)C1C(=O)O. The molecule has 2 bridgehead atoms. The molecule has 12 nitrogen and oxygen atoms in total. The van der Waals surface area contributed by atoms with Crippen LogP contribution in [0.5, 0.6) is 0 Å². The van der Waals surface area contributed by atoms with Crippen LogP contribution >= 0.6 is 0 Å². The van der Waals surface area contributed by atoms with Gasteiger partial charge in [0.1, 0.15) is 6.61 Å². The first-order valence-corrected chi connectivity index (χ1v) is 13.9. The molecule has 1 aromatic carbocycles. The summed E-state index contributed by atoms with van der Waals surface area (Å²) in [5.41, 5.74) is 6.01. The van der Waals surface area contributed by atoms with Gasteiger partial charge in [-0.2, -0.15) is 0 Å². The van der Waals surface area contributed by atoms with E-state index >= 15 is 0 Å². The summed E-state index contributed by atoms with van der Waals surface area (Å²) in [4.78, 5) is 60.1. The maximum atomic E-state index is 12.6. The van der Waals surface area contributed by atoms with Crippen molar-refractivity contribution >= 4 is 29.7 Å². The Labute approximate surface area is 239 Å². The van der Waals surface area contributed by atoms with Crippen molar-refractivity contribution in [2.45, 2.75) is 44.8 Å². The number of allylic oxidation sites excluding steroid dienone is 2. The van der Waals surface area contributed by atoms with Gasteiger partial charge in [0.15, 0.2) is 5.78 Å². The van der Waals surface area contributed by atoms with Crippen LogP contribution in [0.25, 0.3) is 0 Å². The molecule has 1 saturated carbocycles. The van der Waals surface area contributed by atoms with E-state index in [-0.39, 0.29) is 75.8 Å². The van der Waals surface area contributed by atoms with Crippen LogP contribution in [0, 0.1) is 23.7 Å². The minimum atomic E-state index is -0.934. The predicted octanol–water partition coefficient (Wildman–Crippen LogP) is 1.57. The average Bonchev–Trinajstić information content (AvgIpc) is 3.57. The molecule has 0 aliphatic heterocycles. The number of ether oxygens (including phenoxy) is 3. The summed E-state index contributed by atoms with van der Waals surface area (Å²) in [6.07, 6.45) is 4.36. The lowest BCUT2D eigenvalue weighted by Gasteiger charge is -2.23. The Balaban J connectivity index is 1.24. The van der Waals surface area contributed by atoms with Crippen LogP contribution in [0.15, 0.2) is 42.5 Å². The molecular formula is C29H39N3O9. The molecule has 12 heteroatoms. The molecule has 1 aromatic rings. The number of ketones is 1. The number of hydrogen-bond acceptors (Lipinski definition) is 8. The first kappa shape index (κ1) is 31.8. The lowest BCUT2D eigenvalue weighted by atomic mass is 9.82. The standard InChI is InChI=1S/C29H39N3O9/c30-24(34)11-10-22(32-29(38)41-18-19-5-2-1-3-6-19)23(33)7-4-13-39-15-16-40-14-12-31-27(35)25-20-8-9-21(17-20)26(25)28(36)37/h1-3,5-6,8-9,20-22,25-26H,4,7,10-18H2,(H2,30,34)(H,31,35)(H,32,38)(H,36,37). The first-order valence-electron chi connectivity index (χ1n) is 13.9. The number of benzene rings is 1. The van der Waals surface area contributed by atoms with Crippen LogP contribution in [0.1, 0.15) is 37.7 Å². The molecule has 0 heterocycles. The Morgan fingerprint density at radius 2 is 1.61 bits per heavy atom. The predicted molar refractivity (Wildman–Crippen MR) is 146 cm³/mol. The number of nitrogens with two attached hydrogens (primary N) is 1. The zero-order chi connectivity index (χ0) is 29.6. The molecule has 0 saturated heterocycles. The van der Waals surface area contributed by atoms with Crippen molar-refractivity contribution in [2.75, 3.05) is 33.0 Å². The third kappa shape index (κ3) is 10.3. The van der Waals surface area contributed by atoms with E-state index in [0.717, 1.165) is 5.56 Å². The molecule has 5 N–H and O–H groups in total. The number of fused-ring (bicyclic) bond motifs is 2. The van der Waals surface area contributed by atoms with Crippen LogP contribution in [0.3, 0.4) is 0 Å². The zero-order valence-electron chi connectivity index (χ0n) is 23.0. The zero-order valence-corrected chi connectivity index (χ0v) is 23.0. The number of carbonyl (C=O) groups is 5. The van der Waals surface area contributed by atoms with E-state index in [1.54, 1.807) is 0 Å². The van der Waals surface area contributed by atoms with Gasteiger partial charge in [0.2, 0.25) is 11.8 Å². The second-order valence-electron chi connectivity index (χ2n) is 10.2. The molecule has 1 fully saturated rings. The number of rotatable bonds is 19. The number of alkyl carbamates (subject to hydrolysis) is 1. The van der Waals surface area contributed by atoms with Gasteiger partial charge in [0.25, 0.3) is 0 Å². The summed E-state index contributed by atoms with van der Waals surface area (Å²) in [5, 5.41) is 14.8. The minimum absolute atomic E-state index is 0.0232. The number of amides is 3. The molecule has 5 atom stereocenters. The van der Waals surface area contributed by atoms with Crippen molar-refractivity contribution in [1.82, 2.24) is 10.6 Å². The lowest BCUT2D eigenvalue weighted by Crippen LogP contribution is -2.41. The molecule has 224 valence electrons. The lowest BCUT2D eigenvalue weighted by molar-refractivity contribution is -0.147. The third-order valence-electron chi connectivity index (χ3n) is 7.25. The second-order valence-corrected chi connectivity index (χ2v) is 10.2. The Bertz CT molecular complexity index is 1080.